The molecule has 0 radical (unpaired) electrons. The molecule has 1 aliphatic rings. The average Bonchev–Trinajstić information content (AvgIpc) is 2.90. The molecule has 0 spiro atoms. The number of hydrogen-bond acceptors (Lipinski definition) is 5. The normalized spacial score (nSPS) is 18.5. The fourth-order valence-corrected chi connectivity index (χ4v) is 2.48. The van der Waals surface area contributed by atoms with Gasteiger partial charge in [0.2, 0.25) is 5.88 Å². The van der Waals surface area contributed by atoms with Crippen molar-refractivity contribution in [2.75, 3.05) is 6.61 Å². The van der Waals surface area contributed by atoms with Gasteiger partial charge >= 0.3 is 5.97 Å². The van der Waals surface area contributed by atoms with E-state index in [1.54, 1.807) is 32.2 Å². The molecule has 1 aromatic rings. The lowest BCUT2D eigenvalue weighted by atomic mass is 9.84. The topological polar surface area (TPSA) is 94.4 Å². The monoisotopic (exact) mass is 290 g/mol. The molecule has 0 aromatic carbocycles. The van der Waals surface area contributed by atoms with E-state index in [9.17, 15) is 9.59 Å². The molecule has 0 aliphatic carbocycles. The average molecular weight is 290 g/mol. The molecule has 112 valence electrons. The van der Waals surface area contributed by atoms with Gasteiger partial charge in [0.25, 0.3) is 0 Å². The highest BCUT2D eigenvalue weighted by molar-refractivity contribution is 6.01. The second-order valence-corrected chi connectivity index (χ2v) is 4.68. The maximum absolute atomic E-state index is 12.2. The highest BCUT2D eigenvalue weighted by Gasteiger charge is 2.38. The van der Waals surface area contributed by atoms with Crippen LogP contribution in [-0.2, 0) is 19.1 Å². The van der Waals surface area contributed by atoms with Crippen LogP contribution in [0.2, 0.25) is 0 Å². The number of H-pyrrole nitrogens is 1. The van der Waals surface area contributed by atoms with Crippen molar-refractivity contribution in [3.05, 3.63) is 46.8 Å². The Balaban J connectivity index is 2.58. The number of carbonyl (C=O) groups is 2. The fraction of sp³-hybridized carbons (Fsp3) is 0.333. The molecule has 1 atom stereocenters. The van der Waals surface area contributed by atoms with E-state index >= 15 is 0 Å². The van der Waals surface area contributed by atoms with Crippen molar-refractivity contribution in [2.24, 2.45) is 5.73 Å². The van der Waals surface area contributed by atoms with E-state index in [-0.39, 0.29) is 23.8 Å². The van der Waals surface area contributed by atoms with Crippen molar-refractivity contribution in [2.45, 2.75) is 26.7 Å². The van der Waals surface area contributed by atoms with E-state index in [1.165, 1.54) is 6.92 Å². The fourth-order valence-electron chi connectivity index (χ4n) is 2.48. The van der Waals surface area contributed by atoms with E-state index in [4.69, 9.17) is 15.2 Å². The van der Waals surface area contributed by atoms with Crippen molar-refractivity contribution < 1.29 is 19.1 Å². The van der Waals surface area contributed by atoms with E-state index < -0.39 is 11.9 Å². The standard InChI is InChI=1S/C15H18N2O4/c1-4-20-15(19)13-12(10-6-5-7-17-10)11(8(2)18)9(3)21-14(13)16/h5-7,12,17H,4,16H2,1-3H3/t12-/m0/s1. The number of Topliss-reactive ketones (excluding diaryl/α,β-unsaturated/α-hetero) is 1. The highest BCUT2D eigenvalue weighted by Crippen LogP contribution is 2.39. The first-order valence-electron chi connectivity index (χ1n) is 6.67. The number of allylic oxidation sites excluding steroid dienone is 2. The first kappa shape index (κ1) is 14.9. The molecule has 0 saturated heterocycles. The summed E-state index contributed by atoms with van der Waals surface area (Å²) in [5.74, 6) is -1.00. The van der Waals surface area contributed by atoms with Crippen molar-refractivity contribution in [1.82, 2.24) is 4.98 Å². The summed E-state index contributed by atoms with van der Waals surface area (Å²) in [4.78, 5) is 27.2. The van der Waals surface area contributed by atoms with Gasteiger partial charge in [0.05, 0.1) is 12.5 Å². The predicted molar refractivity (Wildman–Crippen MR) is 75.8 cm³/mol. The molecule has 1 aliphatic heterocycles. The zero-order chi connectivity index (χ0) is 15.6. The van der Waals surface area contributed by atoms with Gasteiger partial charge in [0, 0.05) is 17.5 Å². The van der Waals surface area contributed by atoms with E-state index in [1.807, 2.05) is 0 Å². The van der Waals surface area contributed by atoms with Crippen LogP contribution in [-0.4, -0.2) is 23.3 Å². The molecule has 1 aromatic heterocycles. The van der Waals surface area contributed by atoms with Crippen LogP contribution < -0.4 is 5.73 Å². The number of ether oxygens (including phenoxy) is 2. The minimum atomic E-state index is -0.606. The molecule has 0 unspecified atom stereocenters. The number of ketones is 1. The molecule has 0 fully saturated rings. The molecule has 3 N–H and O–H groups in total. The van der Waals surface area contributed by atoms with Crippen LogP contribution in [0.3, 0.4) is 0 Å². The minimum Gasteiger partial charge on any atom is -0.462 e. The Morgan fingerprint density at radius 3 is 2.67 bits per heavy atom. The second kappa shape index (κ2) is 5.87. The van der Waals surface area contributed by atoms with Gasteiger partial charge in [-0.25, -0.2) is 4.79 Å². The van der Waals surface area contributed by atoms with Crippen LogP contribution in [0.5, 0.6) is 0 Å². The summed E-state index contributed by atoms with van der Waals surface area (Å²) in [6.07, 6.45) is 1.72. The summed E-state index contributed by atoms with van der Waals surface area (Å²) in [6.45, 7) is 5.00. The highest BCUT2D eigenvalue weighted by atomic mass is 16.5. The third-order valence-corrected chi connectivity index (χ3v) is 3.29. The number of hydrogen-bond donors (Lipinski definition) is 2. The maximum atomic E-state index is 12.2. The van der Waals surface area contributed by atoms with Crippen LogP contribution in [0.15, 0.2) is 41.1 Å². The zero-order valence-corrected chi connectivity index (χ0v) is 12.2. The van der Waals surface area contributed by atoms with Gasteiger partial charge in [0.1, 0.15) is 11.3 Å². The Hall–Kier alpha value is -2.50. The van der Waals surface area contributed by atoms with Crippen LogP contribution in [0, 0.1) is 0 Å². The van der Waals surface area contributed by atoms with E-state index in [0.29, 0.717) is 17.0 Å². The molecule has 2 heterocycles. The number of esters is 1. The number of nitrogens with two attached hydrogens (primary N) is 1. The Bertz CT molecular complexity index is 626. The second-order valence-electron chi connectivity index (χ2n) is 4.68. The number of aromatic nitrogens is 1. The van der Waals surface area contributed by atoms with Crippen LogP contribution >= 0.6 is 0 Å². The molecular formula is C15H18N2O4. The molecule has 0 saturated carbocycles. The van der Waals surface area contributed by atoms with Gasteiger partial charge in [-0.15, -0.1) is 0 Å². The van der Waals surface area contributed by atoms with Crippen molar-refractivity contribution in [3.8, 4) is 0 Å². The first-order valence-corrected chi connectivity index (χ1v) is 6.67. The lowest BCUT2D eigenvalue weighted by molar-refractivity contribution is -0.139. The lowest BCUT2D eigenvalue weighted by Gasteiger charge is -2.27. The smallest absolute Gasteiger partial charge is 0.340 e. The van der Waals surface area contributed by atoms with Crippen molar-refractivity contribution in [1.29, 1.82) is 0 Å². The molecule has 6 heteroatoms. The third-order valence-electron chi connectivity index (χ3n) is 3.29. The Labute approximate surface area is 122 Å². The Morgan fingerprint density at radius 1 is 1.43 bits per heavy atom. The largest absolute Gasteiger partial charge is 0.462 e. The summed E-state index contributed by atoms with van der Waals surface area (Å²) in [5, 5.41) is 0. The summed E-state index contributed by atoms with van der Waals surface area (Å²) in [6, 6.07) is 3.58. The van der Waals surface area contributed by atoms with Crippen LogP contribution in [0.25, 0.3) is 0 Å². The van der Waals surface area contributed by atoms with E-state index in [0.717, 1.165) is 0 Å². The quantitative estimate of drug-likeness (QED) is 0.823. The molecule has 2 rings (SSSR count). The summed E-state index contributed by atoms with van der Waals surface area (Å²) in [5.41, 5.74) is 7.09. The molecule has 6 nitrogen and oxygen atoms in total. The number of nitrogens with one attached hydrogen (secondary N) is 1. The van der Waals surface area contributed by atoms with E-state index in [2.05, 4.69) is 4.98 Å². The number of aromatic amines is 1. The first-order chi connectivity index (χ1) is 9.97. The minimum absolute atomic E-state index is 0.0319. The van der Waals surface area contributed by atoms with Crippen molar-refractivity contribution >= 4 is 11.8 Å². The third kappa shape index (κ3) is 2.69. The van der Waals surface area contributed by atoms with Gasteiger partial charge in [0.15, 0.2) is 5.78 Å². The maximum Gasteiger partial charge on any atom is 0.340 e. The van der Waals surface area contributed by atoms with Gasteiger partial charge in [-0.1, -0.05) is 0 Å². The lowest BCUT2D eigenvalue weighted by Crippen LogP contribution is -2.29. The van der Waals surface area contributed by atoms with Gasteiger partial charge in [-0.05, 0) is 32.9 Å². The predicted octanol–water partition coefficient (Wildman–Crippen LogP) is 1.72. The molecular weight excluding hydrogens is 272 g/mol. The van der Waals surface area contributed by atoms with Crippen LogP contribution in [0.1, 0.15) is 32.4 Å². The van der Waals surface area contributed by atoms with Gasteiger partial charge in [-0.2, -0.15) is 0 Å². The summed E-state index contributed by atoms with van der Waals surface area (Å²) < 4.78 is 10.4. The van der Waals surface area contributed by atoms with Gasteiger partial charge in [-0.3, -0.25) is 4.79 Å². The number of carbonyl (C=O) groups excluding carboxylic acids is 2. The number of rotatable bonds is 4. The summed E-state index contributed by atoms with van der Waals surface area (Å²) in [7, 11) is 0. The Morgan fingerprint density at radius 2 is 2.14 bits per heavy atom. The van der Waals surface area contributed by atoms with Crippen molar-refractivity contribution in [3.63, 3.8) is 0 Å². The van der Waals surface area contributed by atoms with Crippen LogP contribution in [0.4, 0.5) is 0 Å². The molecule has 0 bridgehead atoms. The van der Waals surface area contributed by atoms with Gasteiger partial charge < -0.3 is 20.2 Å². The zero-order valence-electron chi connectivity index (χ0n) is 12.2. The Kier molecular flexibility index (Phi) is 4.16. The summed E-state index contributed by atoms with van der Waals surface area (Å²) >= 11 is 0. The SMILES string of the molecule is CCOC(=O)C1=C(N)OC(C)=C(C(C)=O)[C@@H]1c1ccc[nH]1. The molecule has 0 amide bonds. The molecule has 21 heavy (non-hydrogen) atoms.